The summed E-state index contributed by atoms with van der Waals surface area (Å²) in [7, 11) is 0. The Morgan fingerprint density at radius 3 is 2.64 bits per heavy atom. The molecule has 25 heavy (non-hydrogen) atoms. The normalized spacial score (nSPS) is 10.4. The van der Waals surface area contributed by atoms with Gasteiger partial charge in [-0.2, -0.15) is 0 Å². The minimum Gasteiger partial charge on any atom is -0.326 e. The highest BCUT2D eigenvalue weighted by Crippen LogP contribution is 2.20. The van der Waals surface area contributed by atoms with Crippen LogP contribution < -0.4 is 10.6 Å². The summed E-state index contributed by atoms with van der Waals surface area (Å²) in [6.07, 6.45) is 0.958. The molecule has 0 aliphatic rings. The first kappa shape index (κ1) is 19.1. The van der Waals surface area contributed by atoms with Crippen LogP contribution in [0, 0.1) is 5.82 Å². The Balaban J connectivity index is 1.70. The van der Waals surface area contributed by atoms with Gasteiger partial charge in [-0.1, -0.05) is 11.6 Å². The Labute approximate surface area is 153 Å². The lowest BCUT2D eigenvalue weighted by molar-refractivity contribution is -0.116. The molecule has 0 spiro atoms. The molecule has 0 radical (unpaired) electrons. The molecule has 1 heterocycles. The molecule has 1 aromatic heterocycles. The maximum absolute atomic E-state index is 13.1. The van der Waals surface area contributed by atoms with Gasteiger partial charge in [-0.05, 0) is 36.8 Å². The SMILES string of the molecule is CC(=O)Nc1ccc(SCCCC(=O)Nc2ccc(F)c(Cl)c2)nn1. The van der Waals surface area contributed by atoms with Gasteiger partial charge in [0.05, 0.1) is 5.02 Å². The second-order valence-electron chi connectivity index (χ2n) is 5.07. The van der Waals surface area contributed by atoms with E-state index in [0.29, 0.717) is 35.1 Å². The Bertz CT molecular complexity index is 758. The molecule has 0 saturated heterocycles. The fourth-order valence-electron chi connectivity index (χ4n) is 1.85. The summed E-state index contributed by atoms with van der Waals surface area (Å²) in [5.74, 6) is 0.181. The fraction of sp³-hybridized carbons (Fsp3) is 0.250. The van der Waals surface area contributed by atoms with Gasteiger partial charge in [0.1, 0.15) is 10.8 Å². The second-order valence-corrected chi connectivity index (χ2v) is 6.59. The van der Waals surface area contributed by atoms with Gasteiger partial charge < -0.3 is 10.6 Å². The lowest BCUT2D eigenvalue weighted by atomic mass is 10.2. The molecule has 0 fully saturated rings. The highest BCUT2D eigenvalue weighted by Gasteiger charge is 2.06. The highest BCUT2D eigenvalue weighted by molar-refractivity contribution is 7.99. The number of rotatable bonds is 7. The van der Waals surface area contributed by atoms with Crippen LogP contribution in [0.25, 0.3) is 0 Å². The largest absolute Gasteiger partial charge is 0.326 e. The van der Waals surface area contributed by atoms with E-state index in [0.717, 1.165) is 0 Å². The zero-order chi connectivity index (χ0) is 18.2. The number of benzene rings is 1. The fourth-order valence-corrected chi connectivity index (χ4v) is 2.79. The van der Waals surface area contributed by atoms with Crippen LogP contribution in [0.5, 0.6) is 0 Å². The molecular formula is C16H16ClFN4O2S. The Morgan fingerprint density at radius 1 is 1.20 bits per heavy atom. The van der Waals surface area contributed by atoms with Gasteiger partial charge in [-0.25, -0.2) is 4.39 Å². The first-order chi connectivity index (χ1) is 11.9. The molecule has 6 nitrogen and oxygen atoms in total. The summed E-state index contributed by atoms with van der Waals surface area (Å²) in [5, 5.41) is 13.7. The third-order valence-electron chi connectivity index (χ3n) is 2.95. The molecule has 9 heteroatoms. The van der Waals surface area contributed by atoms with Gasteiger partial charge in [0, 0.05) is 24.8 Å². The van der Waals surface area contributed by atoms with E-state index in [1.807, 2.05) is 0 Å². The van der Waals surface area contributed by atoms with Crippen LogP contribution >= 0.6 is 23.4 Å². The van der Waals surface area contributed by atoms with Crippen LogP contribution in [-0.4, -0.2) is 27.8 Å². The van der Waals surface area contributed by atoms with Crippen molar-refractivity contribution in [2.24, 2.45) is 0 Å². The number of carbonyl (C=O) groups excluding carboxylic acids is 2. The third kappa shape index (κ3) is 6.67. The molecule has 2 rings (SSSR count). The van der Waals surface area contributed by atoms with Crippen molar-refractivity contribution in [3.05, 3.63) is 41.2 Å². The van der Waals surface area contributed by atoms with Crippen molar-refractivity contribution in [2.75, 3.05) is 16.4 Å². The zero-order valence-corrected chi connectivity index (χ0v) is 15.0. The molecule has 0 unspecified atom stereocenters. The quantitative estimate of drug-likeness (QED) is 0.563. The first-order valence-corrected chi connectivity index (χ1v) is 8.79. The maximum Gasteiger partial charge on any atom is 0.224 e. The van der Waals surface area contributed by atoms with Crippen molar-refractivity contribution in [2.45, 2.75) is 24.8 Å². The van der Waals surface area contributed by atoms with E-state index in [-0.39, 0.29) is 16.8 Å². The van der Waals surface area contributed by atoms with E-state index in [4.69, 9.17) is 11.6 Å². The van der Waals surface area contributed by atoms with E-state index in [1.165, 1.54) is 36.9 Å². The summed E-state index contributed by atoms with van der Waals surface area (Å²) in [4.78, 5) is 22.7. The molecule has 2 aromatic rings. The number of hydrogen-bond donors (Lipinski definition) is 2. The molecule has 2 N–H and O–H groups in total. The summed E-state index contributed by atoms with van der Waals surface area (Å²) >= 11 is 7.13. The van der Waals surface area contributed by atoms with Crippen molar-refractivity contribution in [3.8, 4) is 0 Å². The minimum absolute atomic E-state index is 0.0327. The van der Waals surface area contributed by atoms with Gasteiger partial charge in [-0.15, -0.1) is 22.0 Å². The van der Waals surface area contributed by atoms with Crippen LogP contribution in [0.2, 0.25) is 5.02 Å². The van der Waals surface area contributed by atoms with Gasteiger partial charge >= 0.3 is 0 Å². The van der Waals surface area contributed by atoms with Gasteiger partial charge in [0.2, 0.25) is 11.8 Å². The Morgan fingerprint density at radius 2 is 2.00 bits per heavy atom. The molecule has 132 valence electrons. The van der Waals surface area contributed by atoms with Crippen molar-refractivity contribution < 1.29 is 14.0 Å². The average molecular weight is 383 g/mol. The van der Waals surface area contributed by atoms with E-state index in [9.17, 15) is 14.0 Å². The lowest BCUT2D eigenvalue weighted by Crippen LogP contribution is -2.11. The van der Waals surface area contributed by atoms with Crippen molar-refractivity contribution >= 4 is 46.7 Å². The van der Waals surface area contributed by atoms with Crippen molar-refractivity contribution in [1.29, 1.82) is 0 Å². The van der Waals surface area contributed by atoms with E-state index in [2.05, 4.69) is 20.8 Å². The number of anilines is 2. The molecule has 0 aliphatic carbocycles. The van der Waals surface area contributed by atoms with Crippen LogP contribution in [0.4, 0.5) is 15.9 Å². The molecule has 0 atom stereocenters. The van der Waals surface area contributed by atoms with Crippen LogP contribution in [0.3, 0.4) is 0 Å². The second kappa shape index (κ2) is 9.33. The Kier molecular flexibility index (Phi) is 7.15. The number of hydrogen-bond acceptors (Lipinski definition) is 5. The minimum atomic E-state index is -0.526. The van der Waals surface area contributed by atoms with Gasteiger partial charge in [-0.3, -0.25) is 9.59 Å². The van der Waals surface area contributed by atoms with Crippen LogP contribution in [0.1, 0.15) is 19.8 Å². The number of halogens is 2. The van der Waals surface area contributed by atoms with Gasteiger partial charge in [0.25, 0.3) is 0 Å². The van der Waals surface area contributed by atoms with Crippen LogP contribution in [-0.2, 0) is 9.59 Å². The number of nitrogens with one attached hydrogen (secondary N) is 2. The monoisotopic (exact) mass is 382 g/mol. The van der Waals surface area contributed by atoms with Crippen molar-refractivity contribution in [3.63, 3.8) is 0 Å². The van der Waals surface area contributed by atoms with E-state index >= 15 is 0 Å². The number of carbonyl (C=O) groups is 2. The topological polar surface area (TPSA) is 84.0 Å². The number of aromatic nitrogens is 2. The lowest BCUT2D eigenvalue weighted by Gasteiger charge is -2.06. The predicted octanol–water partition coefficient (Wildman–Crippen LogP) is 3.74. The highest BCUT2D eigenvalue weighted by atomic mass is 35.5. The number of thioether (sulfide) groups is 1. The molecule has 0 saturated carbocycles. The average Bonchev–Trinajstić information content (AvgIpc) is 2.56. The third-order valence-corrected chi connectivity index (χ3v) is 4.24. The van der Waals surface area contributed by atoms with Crippen LogP contribution in [0.15, 0.2) is 35.4 Å². The number of nitrogens with zero attached hydrogens (tertiary/aromatic N) is 2. The summed E-state index contributed by atoms with van der Waals surface area (Å²) in [6, 6.07) is 7.46. The molecule has 2 amide bonds. The predicted molar refractivity (Wildman–Crippen MR) is 96.3 cm³/mol. The zero-order valence-electron chi connectivity index (χ0n) is 13.4. The summed E-state index contributed by atoms with van der Waals surface area (Å²) < 4.78 is 13.1. The van der Waals surface area contributed by atoms with E-state index < -0.39 is 5.82 Å². The first-order valence-electron chi connectivity index (χ1n) is 7.43. The standard InChI is InChI=1S/C16H16ClFN4O2S/c1-10(23)19-14-6-7-16(22-21-14)25-8-2-3-15(24)20-11-4-5-13(18)12(17)9-11/h4-7,9H,2-3,8H2,1H3,(H,20,24)(H,19,21,23). The summed E-state index contributed by atoms with van der Waals surface area (Å²) in [5.41, 5.74) is 0.462. The van der Waals surface area contributed by atoms with E-state index in [1.54, 1.807) is 12.1 Å². The smallest absolute Gasteiger partial charge is 0.224 e. The number of amides is 2. The van der Waals surface area contributed by atoms with Crippen molar-refractivity contribution in [1.82, 2.24) is 10.2 Å². The Hall–Kier alpha value is -2.19. The molecule has 0 aliphatic heterocycles. The molecule has 0 bridgehead atoms. The molecular weight excluding hydrogens is 367 g/mol. The maximum atomic E-state index is 13.1. The molecule has 1 aromatic carbocycles. The summed E-state index contributed by atoms with van der Waals surface area (Å²) in [6.45, 7) is 1.40. The van der Waals surface area contributed by atoms with Gasteiger partial charge in [0.15, 0.2) is 5.82 Å².